The van der Waals surface area contributed by atoms with Crippen molar-refractivity contribution in [3.8, 4) is 5.75 Å². The summed E-state index contributed by atoms with van der Waals surface area (Å²) in [6.07, 6.45) is 1.63. The maximum Gasteiger partial charge on any atom is 0.355 e. The predicted molar refractivity (Wildman–Crippen MR) is 96.3 cm³/mol. The molecule has 0 aliphatic heterocycles. The van der Waals surface area contributed by atoms with Gasteiger partial charge in [-0.1, -0.05) is 23.9 Å². The topological polar surface area (TPSA) is 85.6 Å². The molecule has 0 spiro atoms. The van der Waals surface area contributed by atoms with E-state index in [1.54, 1.807) is 30.5 Å². The van der Waals surface area contributed by atoms with Crippen LogP contribution in [-0.2, 0) is 4.79 Å². The second-order valence-electron chi connectivity index (χ2n) is 5.26. The number of fused-ring (bicyclic) bond motifs is 1. The standard InChI is InChI=1S/C17H16N4O3S/c1-11-7-8-21-14(9-11)19-16(20-17(21)23)25-10-15(22)18-12-5-3-4-6-13(12)24-2/h3-9H,10H2,1-2H3,(H,18,22). The van der Waals surface area contributed by atoms with Gasteiger partial charge in [-0.15, -0.1) is 0 Å². The van der Waals surface area contributed by atoms with Crippen LogP contribution in [0.5, 0.6) is 5.75 Å². The largest absolute Gasteiger partial charge is 0.495 e. The predicted octanol–water partition coefficient (Wildman–Crippen LogP) is 2.14. The molecule has 128 valence electrons. The van der Waals surface area contributed by atoms with Crippen LogP contribution in [0.15, 0.2) is 52.5 Å². The lowest BCUT2D eigenvalue weighted by molar-refractivity contribution is -0.113. The number of thioether (sulfide) groups is 1. The summed E-state index contributed by atoms with van der Waals surface area (Å²) < 4.78 is 6.56. The van der Waals surface area contributed by atoms with Crippen LogP contribution >= 0.6 is 11.8 Å². The molecule has 0 radical (unpaired) electrons. The van der Waals surface area contributed by atoms with E-state index in [2.05, 4.69) is 15.3 Å². The zero-order chi connectivity index (χ0) is 17.8. The van der Waals surface area contributed by atoms with Crippen LogP contribution in [0.25, 0.3) is 5.65 Å². The number of hydrogen-bond donors (Lipinski definition) is 1. The van der Waals surface area contributed by atoms with Gasteiger partial charge in [0.1, 0.15) is 11.4 Å². The second kappa shape index (κ2) is 7.35. The number of nitrogens with one attached hydrogen (secondary N) is 1. The number of amides is 1. The van der Waals surface area contributed by atoms with Gasteiger partial charge < -0.3 is 10.1 Å². The van der Waals surface area contributed by atoms with Crippen molar-refractivity contribution in [1.29, 1.82) is 0 Å². The second-order valence-corrected chi connectivity index (χ2v) is 6.20. The Morgan fingerprint density at radius 1 is 1.28 bits per heavy atom. The van der Waals surface area contributed by atoms with Crippen molar-refractivity contribution in [2.24, 2.45) is 0 Å². The van der Waals surface area contributed by atoms with Crippen LogP contribution in [-0.4, -0.2) is 33.1 Å². The van der Waals surface area contributed by atoms with Crippen molar-refractivity contribution in [2.75, 3.05) is 18.2 Å². The zero-order valence-corrected chi connectivity index (χ0v) is 14.5. The number of benzene rings is 1. The third-order valence-electron chi connectivity index (χ3n) is 3.41. The average Bonchev–Trinajstić information content (AvgIpc) is 2.60. The Kier molecular flexibility index (Phi) is 4.99. The van der Waals surface area contributed by atoms with Crippen LogP contribution < -0.4 is 15.7 Å². The number of carbonyl (C=O) groups excluding carboxylic acids is 1. The summed E-state index contributed by atoms with van der Waals surface area (Å²) >= 11 is 1.11. The number of para-hydroxylation sites is 2. The number of anilines is 1. The Hall–Kier alpha value is -2.87. The van der Waals surface area contributed by atoms with E-state index in [9.17, 15) is 9.59 Å². The molecule has 1 aromatic carbocycles. The lowest BCUT2D eigenvalue weighted by atomic mass is 10.3. The molecule has 25 heavy (non-hydrogen) atoms. The molecule has 0 saturated heterocycles. The Balaban J connectivity index is 1.72. The number of nitrogens with zero attached hydrogens (tertiary/aromatic N) is 3. The summed E-state index contributed by atoms with van der Waals surface area (Å²) in [5.41, 5.74) is 1.67. The monoisotopic (exact) mass is 356 g/mol. The number of methoxy groups -OCH3 is 1. The van der Waals surface area contributed by atoms with Crippen LogP contribution in [0.4, 0.5) is 5.69 Å². The van der Waals surface area contributed by atoms with Crippen LogP contribution in [0.2, 0.25) is 0 Å². The first-order valence-electron chi connectivity index (χ1n) is 7.49. The van der Waals surface area contributed by atoms with Gasteiger partial charge in [0.2, 0.25) is 5.91 Å². The molecule has 0 atom stereocenters. The fourth-order valence-corrected chi connectivity index (χ4v) is 2.86. The molecule has 0 aliphatic carbocycles. The molecule has 0 bridgehead atoms. The molecule has 3 rings (SSSR count). The van der Waals surface area contributed by atoms with E-state index >= 15 is 0 Å². The molecule has 2 heterocycles. The highest BCUT2D eigenvalue weighted by molar-refractivity contribution is 7.99. The van der Waals surface area contributed by atoms with E-state index in [4.69, 9.17) is 4.74 Å². The van der Waals surface area contributed by atoms with E-state index in [0.717, 1.165) is 17.3 Å². The minimum Gasteiger partial charge on any atom is -0.495 e. The van der Waals surface area contributed by atoms with E-state index in [1.807, 2.05) is 19.1 Å². The number of carbonyl (C=O) groups is 1. The molecule has 1 N–H and O–H groups in total. The molecular formula is C17H16N4O3S. The third kappa shape index (κ3) is 3.97. The van der Waals surface area contributed by atoms with Gasteiger partial charge in [0, 0.05) is 6.20 Å². The molecule has 1 amide bonds. The molecule has 0 saturated carbocycles. The summed E-state index contributed by atoms with van der Waals surface area (Å²) in [6.45, 7) is 1.92. The van der Waals surface area contributed by atoms with Gasteiger partial charge in [-0.3, -0.25) is 9.20 Å². The number of rotatable bonds is 5. The van der Waals surface area contributed by atoms with E-state index in [0.29, 0.717) is 17.1 Å². The van der Waals surface area contributed by atoms with E-state index < -0.39 is 5.69 Å². The molecule has 2 aromatic heterocycles. The molecule has 7 nitrogen and oxygen atoms in total. The zero-order valence-electron chi connectivity index (χ0n) is 13.7. The lowest BCUT2D eigenvalue weighted by Crippen LogP contribution is -2.20. The summed E-state index contributed by atoms with van der Waals surface area (Å²) in [7, 11) is 1.54. The van der Waals surface area contributed by atoms with Crippen LogP contribution in [0.1, 0.15) is 5.56 Å². The Bertz CT molecular complexity index is 987. The van der Waals surface area contributed by atoms with Gasteiger partial charge in [-0.2, -0.15) is 4.98 Å². The van der Waals surface area contributed by atoms with Crippen molar-refractivity contribution in [3.63, 3.8) is 0 Å². The van der Waals surface area contributed by atoms with Crippen molar-refractivity contribution in [3.05, 3.63) is 58.6 Å². The lowest BCUT2D eigenvalue weighted by Gasteiger charge is -2.09. The van der Waals surface area contributed by atoms with Crippen LogP contribution in [0.3, 0.4) is 0 Å². The first kappa shape index (κ1) is 17.0. The normalized spacial score (nSPS) is 10.6. The van der Waals surface area contributed by atoms with Gasteiger partial charge in [-0.25, -0.2) is 9.78 Å². The molecule has 0 fully saturated rings. The van der Waals surface area contributed by atoms with Crippen molar-refractivity contribution in [1.82, 2.24) is 14.4 Å². The maximum atomic E-state index is 12.1. The summed E-state index contributed by atoms with van der Waals surface area (Å²) in [6, 6.07) is 10.7. The quantitative estimate of drug-likeness (QED) is 0.705. The third-order valence-corrected chi connectivity index (χ3v) is 4.26. The highest BCUT2D eigenvalue weighted by Gasteiger charge is 2.10. The molecule has 3 aromatic rings. The average molecular weight is 356 g/mol. The number of pyridine rings is 1. The van der Waals surface area contributed by atoms with Gasteiger partial charge >= 0.3 is 5.69 Å². The minimum atomic E-state index is -0.419. The first-order valence-corrected chi connectivity index (χ1v) is 8.48. The fraction of sp³-hybridized carbons (Fsp3) is 0.176. The van der Waals surface area contributed by atoms with Crippen molar-refractivity contribution < 1.29 is 9.53 Å². The number of aromatic nitrogens is 3. The molecular weight excluding hydrogens is 340 g/mol. The highest BCUT2D eigenvalue weighted by Crippen LogP contribution is 2.23. The smallest absolute Gasteiger partial charge is 0.355 e. The highest BCUT2D eigenvalue weighted by atomic mass is 32.2. The Labute approximate surface area is 148 Å². The SMILES string of the molecule is COc1ccccc1NC(=O)CSc1nc(=O)n2ccc(C)cc2n1. The molecule has 0 unspecified atom stereocenters. The van der Waals surface area contributed by atoms with Gasteiger partial charge in [0.05, 0.1) is 18.6 Å². The van der Waals surface area contributed by atoms with Crippen molar-refractivity contribution in [2.45, 2.75) is 12.1 Å². The van der Waals surface area contributed by atoms with E-state index in [-0.39, 0.29) is 16.8 Å². The fourth-order valence-electron chi connectivity index (χ4n) is 2.23. The van der Waals surface area contributed by atoms with Gasteiger partial charge in [0.15, 0.2) is 5.16 Å². The molecule has 8 heteroatoms. The Morgan fingerprint density at radius 2 is 2.08 bits per heavy atom. The Morgan fingerprint density at radius 3 is 2.88 bits per heavy atom. The van der Waals surface area contributed by atoms with Crippen molar-refractivity contribution >= 4 is 29.0 Å². The first-order chi connectivity index (χ1) is 12.1. The maximum absolute atomic E-state index is 12.1. The number of ether oxygens (including phenoxy) is 1. The van der Waals surface area contributed by atoms with E-state index in [1.165, 1.54) is 11.5 Å². The van der Waals surface area contributed by atoms with Crippen LogP contribution in [0, 0.1) is 6.92 Å². The van der Waals surface area contributed by atoms with Gasteiger partial charge in [-0.05, 0) is 36.8 Å². The summed E-state index contributed by atoms with van der Waals surface area (Å²) in [4.78, 5) is 32.4. The number of hydrogen-bond acceptors (Lipinski definition) is 6. The minimum absolute atomic E-state index is 0.0828. The summed E-state index contributed by atoms with van der Waals surface area (Å²) in [5.74, 6) is 0.429. The summed E-state index contributed by atoms with van der Waals surface area (Å²) in [5, 5.41) is 3.04. The number of aryl methyl sites for hydroxylation is 1. The molecule has 0 aliphatic rings. The van der Waals surface area contributed by atoms with Gasteiger partial charge in [0.25, 0.3) is 0 Å².